The molecular weight excluding hydrogens is 276 g/mol. The van der Waals surface area contributed by atoms with Crippen molar-refractivity contribution >= 4 is 17.7 Å². The highest BCUT2D eigenvalue weighted by atomic mass is 35.5. The zero-order chi connectivity index (χ0) is 14.3. The van der Waals surface area contributed by atoms with E-state index >= 15 is 0 Å². The molecule has 1 amide bonds. The van der Waals surface area contributed by atoms with E-state index < -0.39 is 6.09 Å². The number of halogens is 1. The molecule has 3 atom stereocenters. The summed E-state index contributed by atoms with van der Waals surface area (Å²) in [6.07, 6.45) is 1.10. The van der Waals surface area contributed by atoms with Crippen LogP contribution in [0.5, 0.6) is 0 Å². The summed E-state index contributed by atoms with van der Waals surface area (Å²) in [6.45, 7) is 3.70. The second-order valence-electron chi connectivity index (χ2n) is 5.82. The van der Waals surface area contributed by atoms with Crippen molar-refractivity contribution in [1.82, 2.24) is 9.80 Å². The van der Waals surface area contributed by atoms with Crippen LogP contribution in [0.3, 0.4) is 0 Å². The molecule has 0 spiro atoms. The number of rotatable bonds is 3. The number of fused-ring (bicyclic) bond motifs is 2. The zero-order valence-corrected chi connectivity index (χ0v) is 12.3. The lowest BCUT2D eigenvalue weighted by Gasteiger charge is -2.36. The van der Waals surface area contributed by atoms with E-state index in [1.165, 1.54) is 5.56 Å². The van der Waals surface area contributed by atoms with Gasteiger partial charge in [-0.05, 0) is 31.4 Å². The summed E-state index contributed by atoms with van der Waals surface area (Å²) in [7, 11) is 0. The summed E-state index contributed by atoms with van der Waals surface area (Å²) in [4.78, 5) is 15.1. The van der Waals surface area contributed by atoms with Gasteiger partial charge in [0.1, 0.15) is 0 Å². The van der Waals surface area contributed by atoms with Gasteiger partial charge in [0.25, 0.3) is 0 Å². The maximum atomic E-state index is 11.1. The van der Waals surface area contributed by atoms with Gasteiger partial charge in [-0.1, -0.05) is 29.8 Å². The molecule has 1 N–H and O–H groups in total. The summed E-state index contributed by atoms with van der Waals surface area (Å²) in [5, 5.41) is 9.94. The lowest BCUT2D eigenvalue weighted by Crippen LogP contribution is -2.51. The Hall–Kier alpha value is -1.26. The molecule has 2 fully saturated rings. The van der Waals surface area contributed by atoms with Crippen molar-refractivity contribution in [1.29, 1.82) is 0 Å². The maximum Gasteiger partial charge on any atom is 0.407 e. The summed E-state index contributed by atoms with van der Waals surface area (Å²) < 4.78 is 0. The van der Waals surface area contributed by atoms with Crippen molar-refractivity contribution in [3.63, 3.8) is 0 Å². The Balaban J connectivity index is 1.65. The molecule has 1 aromatic rings. The monoisotopic (exact) mass is 294 g/mol. The van der Waals surface area contributed by atoms with Crippen molar-refractivity contribution in [2.75, 3.05) is 13.1 Å². The molecule has 0 aromatic heterocycles. The van der Waals surface area contributed by atoms with Gasteiger partial charge < -0.3 is 10.0 Å². The molecule has 4 nitrogen and oxygen atoms in total. The quantitative estimate of drug-likeness (QED) is 0.932. The lowest BCUT2D eigenvalue weighted by atomic mass is 10.0. The fraction of sp³-hybridized carbons (Fsp3) is 0.533. The predicted octanol–water partition coefficient (Wildman–Crippen LogP) is 2.71. The number of hydrogen-bond donors (Lipinski definition) is 1. The van der Waals surface area contributed by atoms with Crippen LogP contribution in [0.15, 0.2) is 24.3 Å². The molecule has 0 saturated carbocycles. The second kappa shape index (κ2) is 5.26. The van der Waals surface area contributed by atoms with Crippen LogP contribution < -0.4 is 0 Å². The van der Waals surface area contributed by atoms with Crippen LogP contribution in [-0.2, 0) is 6.42 Å². The molecule has 2 heterocycles. The van der Waals surface area contributed by atoms with E-state index in [9.17, 15) is 4.79 Å². The van der Waals surface area contributed by atoms with Gasteiger partial charge in [0.15, 0.2) is 0 Å². The highest BCUT2D eigenvalue weighted by Gasteiger charge is 2.46. The number of likely N-dealkylation sites (tertiary alicyclic amines) is 2. The van der Waals surface area contributed by atoms with E-state index in [-0.39, 0.29) is 6.04 Å². The molecule has 5 heteroatoms. The topological polar surface area (TPSA) is 43.8 Å². The zero-order valence-electron chi connectivity index (χ0n) is 11.5. The number of nitrogens with zero attached hydrogens (tertiary/aromatic N) is 2. The predicted molar refractivity (Wildman–Crippen MR) is 78.2 cm³/mol. The van der Waals surface area contributed by atoms with Crippen molar-refractivity contribution < 1.29 is 9.90 Å². The Bertz CT molecular complexity index is 522. The maximum absolute atomic E-state index is 11.1. The van der Waals surface area contributed by atoms with Gasteiger partial charge in [0.2, 0.25) is 0 Å². The van der Waals surface area contributed by atoms with Gasteiger partial charge in [-0.2, -0.15) is 0 Å². The summed E-state index contributed by atoms with van der Waals surface area (Å²) in [5.41, 5.74) is 1.17. The summed E-state index contributed by atoms with van der Waals surface area (Å²) >= 11 is 6.21. The van der Waals surface area contributed by atoms with E-state index in [2.05, 4.69) is 17.9 Å². The average Bonchev–Trinajstić information content (AvgIpc) is 3.01. The average molecular weight is 295 g/mol. The highest BCUT2D eigenvalue weighted by molar-refractivity contribution is 6.31. The van der Waals surface area contributed by atoms with Gasteiger partial charge in [0.05, 0.1) is 0 Å². The molecule has 0 radical (unpaired) electrons. The van der Waals surface area contributed by atoms with Crippen LogP contribution in [0.2, 0.25) is 5.02 Å². The van der Waals surface area contributed by atoms with E-state index in [1.807, 2.05) is 18.2 Å². The van der Waals surface area contributed by atoms with Crippen LogP contribution in [0.1, 0.15) is 18.9 Å². The Morgan fingerprint density at radius 2 is 2.15 bits per heavy atom. The minimum Gasteiger partial charge on any atom is -0.465 e. The third-order valence-corrected chi connectivity index (χ3v) is 4.94. The SMILES string of the molecule is CC(Cc1ccccc1Cl)N1CC2CC1CN2C(=O)O. The third-order valence-electron chi connectivity index (χ3n) is 4.57. The van der Waals surface area contributed by atoms with Crippen LogP contribution in [-0.4, -0.2) is 52.2 Å². The molecule has 0 aliphatic carbocycles. The Kier molecular flexibility index (Phi) is 3.61. The molecule has 2 bridgehead atoms. The molecule has 20 heavy (non-hydrogen) atoms. The number of piperazine rings is 1. The van der Waals surface area contributed by atoms with E-state index in [0.717, 1.165) is 24.4 Å². The Labute approximate surface area is 123 Å². The number of amides is 1. The lowest BCUT2D eigenvalue weighted by molar-refractivity contribution is 0.0862. The number of benzene rings is 1. The molecule has 3 rings (SSSR count). The van der Waals surface area contributed by atoms with Crippen molar-refractivity contribution in [2.45, 2.75) is 37.9 Å². The minimum atomic E-state index is -0.782. The standard InChI is InChI=1S/C15H19ClN2O2/c1-10(6-11-4-2-3-5-14(11)16)17-8-13-7-12(17)9-18(13)15(19)20/h2-5,10,12-13H,6-9H2,1H3,(H,19,20). The molecule has 1 aromatic carbocycles. The van der Waals surface area contributed by atoms with Crippen molar-refractivity contribution in [3.8, 4) is 0 Å². The van der Waals surface area contributed by atoms with Crippen LogP contribution >= 0.6 is 11.6 Å². The number of hydrogen-bond acceptors (Lipinski definition) is 2. The third kappa shape index (κ3) is 2.38. The van der Waals surface area contributed by atoms with Crippen LogP contribution in [0, 0.1) is 0 Å². The van der Waals surface area contributed by atoms with Gasteiger partial charge >= 0.3 is 6.09 Å². The first-order chi connectivity index (χ1) is 9.56. The van der Waals surface area contributed by atoms with Crippen molar-refractivity contribution in [3.05, 3.63) is 34.9 Å². The fourth-order valence-electron chi connectivity index (χ4n) is 3.57. The summed E-state index contributed by atoms with van der Waals surface area (Å²) in [5.74, 6) is 0. The molecule has 2 saturated heterocycles. The van der Waals surface area contributed by atoms with Crippen molar-refractivity contribution in [2.24, 2.45) is 0 Å². The Morgan fingerprint density at radius 1 is 1.40 bits per heavy atom. The molecular formula is C15H19ClN2O2. The Morgan fingerprint density at radius 3 is 2.75 bits per heavy atom. The number of carbonyl (C=O) groups is 1. The first kappa shape index (κ1) is 13.7. The van der Waals surface area contributed by atoms with Crippen LogP contribution in [0.4, 0.5) is 4.79 Å². The molecule has 2 aliphatic rings. The van der Waals surface area contributed by atoms with E-state index in [1.54, 1.807) is 4.90 Å². The van der Waals surface area contributed by atoms with Gasteiger partial charge in [0, 0.05) is 36.2 Å². The molecule has 2 aliphatic heterocycles. The largest absolute Gasteiger partial charge is 0.465 e. The summed E-state index contributed by atoms with van der Waals surface area (Å²) in [6, 6.07) is 8.87. The normalized spacial score (nSPS) is 27.0. The van der Waals surface area contributed by atoms with Gasteiger partial charge in [-0.25, -0.2) is 4.79 Å². The van der Waals surface area contributed by atoms with E-state index in [4.69, 9.17) is 16.7 Å². The highest BCUT2D eigenvalue weighted by Crippen LogP contribution is 2.33. The first-order valence-corrected chi connectivity index (χ1v) is 7.42. The molecule has 3 unspecified atom stereocenters. The second-order valence-corrected chi connectivity index (χ2v) is 6.23. The fourth-order valence-corrected chi connectivity index (χ4v) is 3.78. The number of carboxylic acid groups (broad SMARTS) is 1. The van der Waals surface area contributed by atoms with Gasteiger partial charge in [-0.15, -0.1) is 0 Å². The van der Waals surface area contributed by atoms with Crippen LogP contribution in [0.25, 0.3) is 0 Å². The van der Waals surface area contributed by atoms with E-state index in [0.29, 0.717) is 18.6 Å². The smallest absolute Gasteiger partial charge is 0.407 e. The molecule has 108 valence electrons. The minimum absolute atomic E-state index is 0.172. The van der Waals surface area contributed by atoms with Gasteiger partial charge in [-0.3, -0.25) is 4.90 Å². The first-order valence-electron chi connectivity index (χ1n) is 7.05.